The molecule has 1 heterocycles. The van der Waals surface area contributed by atoms with Crippen LogP contribution < -0.4 is 0 Å². The number of hydrogen-bond acceptors (Lipinski definition) is 2. The molecule has 0 N–H and O–H groups in total. The lowest BCUT2D eigenvalue weighted by molar-refractivity contribution is 0.515. The summed E-state index contributed by atoms with van der Waals surface area (Å²) in [7, 11) is -3.14. The molecule has 4 heteroatoms. The Morgan fingerprint density at radius 2 is 1.82 bits per heavy atom. The monoisotopic (exact) mass is 253 g/mol. The maximum absolute atomic E-state index is 12.1. The number of sulfonamides is 1. The van der Waals surface area contributed by atoms with E-state index < -0.39 is 14.8 Å². The molecule has 1 saturated heterocycles. The zero-order valence-electron chi connectivity index (χ0n) is 10.6. The molecule has 3 nitrogen and oxygen atoms in total. The van der Waals surface area contributed by atoms with E-state index in [1.165, 1.54) is 5.56 Å². The Hall–Kier alpha value is -0.870. The van der Waals surface area contributed by atoms with Gasteiger partial charge in [0.05, 0.1) is 4.75 Å². The van der Waals surface area contributed by atoms with E-state index in [9.17, 15) is 8.42 Å². The zero-order valence-corrected chi connectivity index (χ0v) is 11.4. The summed E-state index contributed by atoms with van der Waals surface area (Å²) in [6.07, 6.45) is 0.816. The molecule has 2 rings (SSSR count). The van der Waals surface area contributed by atoms with Crippen molar-refractivity contribution >= 4 is 10.0 Å². The number of benzene rings is 1. The smallest absolute Gasteiger partial charge is 0.212 e. The van der Waals surface area contributed by atoms with Gasteiger partial charge in [0, 0.05) is 12.6 Å². The Bertz CT molecular complexity index is 488. The van der Waals surface area contributed by atoms with Gasteiger partial charge in [-0.3, -0.25) is 0 Å². The van der Waals surface area contributed by atoms with Crippen LogP contribution in [0, 0.1) is 0 Å². The maximum atomic E-state index is 12.1. The van der Waals surface area contributed by atoms with Crippen LogP contribution in [0.4, 0.5) is 0 Å². The van der Waals surface area contributed by atoms with Gasteiger partial charge in [-0.1, -0.05) is 30.3 Å². The summed E-state index contributed by atoms with van der Waals surface area (Å²) in [4.78, 5) is 0. The van der Waals surface area contributed by atoms with Gasteiger partial charge in [-0.25, -0.2) is 8.42 Å². The predicted molar refractivity (Wildman–Crippen MR) is 69.3 cm³/mol. The van der Waals surface area contributed by atoms with Crippen LogP contribution in [0.1, 0.15) is 26.3 Å². The van der Waals surface area contributed by atoms with Crippen LogP contribution in [-0.4, -0.2) is 30.1 Å². The molecule has 0 spiro atoms. The van der Waals surface area contributed by atoms with Crippen LogP contribution in [0.25, 0.3) is 0 Å². The topological polar surface area (TPSA) is 37.1 Å². The van der Waals surface area contributed by atoms with E-state index in [1.54, 1.807) is 25.1 Å². The van der Waals surface area contributed by atoms with Gasteiger partial charge in [-0.05, 0) is 32.8 Å². The normalized spacial score (nSPS) is 24.6. The lowest BCUT2D eigenvalue weighted by Gasteiger charge is -2.20. The van der Waals surface area contributed by atoms with Gasteiger partial charge in [0.25, 0.3) is 0 Å². The average Bonchev–Trinajstić information content (AvgIpc) is 2.97. The molecule has 0 bridgehead atoms. The molecule has 0 aliphatic carbocycles. The molecule has 0 saturated carbocycles. The van der Waals surface area contributed by atoms with Gasteiger partial charge in [0.2, 0.25) is 10.0 Å². The van der Waals surface area contributed by atoms with Gasteiger partial charge in [-0.15, -0.1) is 0 Å². The highest BCUT2D eigenvalue weighted by Gasteiger charge is 2.48. The second-order valence-corrected chi connectivity index (χ2v) is 8.17. The van der Waals surface area contributed by atoms with Crippen molar-refractivity contribution in [3.63, 3.8) is 0 Å². The summed E-state index contributed by atoms with van der Waals surface area (Å²) < 4.78 is 25.2. The molecule has 1 aliphatic rings. The molecular weight excluding hydrogens is 234 g/mol. The highest BCUT2D eigenvalue weighted by Crippen LogP contribution is 2.32. The fraction of sp³-hybridized carbons (Fsp3) is 0.538. The number of nitrogens with zero attached hydrogens (tertiary/aromatic N) is 1. The first-order chi connectivity index (χ1) is 7.82. The molecule has 1 aromatic rings. The van der Waals surface area contributed by atoms with Crippen molar-refractivity contribution in [3.8, 4) is 0 Å². The molecule has 0 amide bonds. The Kier molecular flexibility index (Phi) is 3.04. The molecule has 17 heavy (non-hydrogen) atoms. The predicted octanol–water partition coefficient (Wildman–Crippen LogP) is 2.04. The third-order valence-corrected chi connectivity index (χ3v) is 5.67. The summed E-state index contributed by atoms with van der Waals surface area (Å²) >= 11 is 0. The minimum Gasteiger partial charge on any atom is -0.212 e. The largest absolute Gasteiger partial charge is 0.219 e. The molecule has 0 aromatic heterocycles. The van der Waals surface area contributed by atoms with Crippen molar-refractivity contribution in [1.82, 2.24) is 4.31 Å². The minimum absolute atomic E-state index is 0.154. The lowest BCUT2D eigenvalue weighted by atomic mass is 10.1. The second-order valence-electron chi connectivity index (χ2n) is 5.53. The summed E-state index contributed by atoms with van der Waals surface area (Å²) in [5.74, 6) is 0. The van der Waals surface area contributed by atoms with Crippen LogP contribution in [0.3, 0.4) is 0 Å². The first-order valence-electron chi connectivity index (χ1n) is 5.88. The minimum atomic E-state index is -3.14. The zero-order chi connectivity index (χ0) is 12.7. The Morgan fingerprint density at radius 1 is 1.24 bits per heavy atom. The van der Waals surface area contributed by atoms with Crippen LogP contribution in [0.5, 0.6) is 0 Å². The molecule has 1 aromatic carbocycles. The van der Waals surface area contributed by atoms with Crippen LogP contribution >= 0.6 is 0 Å². The van der Waals surface area contributed by atoms with E-state index in [1.807, 2.05) is 30.3 Å². The molecule has 2 atom stereocenters. The van der Waals surface area contributed by atoms with Gasteiger partial charge in [0.1, 0.15) is 0 Å². The van der Waals surface area contributed by atoms with Gasteiger partial charge in [0.15, 0.2) is 0 Å². The number of rotatable bonds is 3. The van der Waals surface area contributed by atoms with Gasteiger partial charge >= 0.3 is 0 Å². The van der Waals surface area contributed by atoms with E-state index in [0.717, 1.165) is 6.42 Å². The average molecular weight is 253 g/mol. The van der Waals surface area contributed by atoms with Crippen molar-refractivity contribution < 1.29 is 8.42 Å². The Morgan fingerprint density at radius 3 is 2.35 bits per heavy atom. The number of hydrogen-bond donors (Lipinski definition) is 0. The molecule has 1 fully saturated rings. The Labute approximate surface area is 104 Å². The third kappa shape index (κ3) is 2.53. The van der Waals surface area contributed by atoms with Crippen molar-refractivity contribution in [2.45, 2.75) is 38.0 Å². The molecule has 1 aliphatic heterocycles. The van der Waals surface area contributed by atoms with Crippen molar-refractivity contribution in [2.24, 2.45) is 0 Å². The molecular formula is C13H19NO2S. The summed E-state index contributed by atoms with van der Waals surface area (Å²) in [5.41, 5.74) is 1.20. The van der Waals surface area contributed by atoms with Crippen LogP contribution in [0.15, 0.2) is 30.3 Å². The summed E-state index contributed by atoms with van der Waals surface area (Å²) in [6, 6.07) is 10.2. The van der Waals surface area contributed by atoms with Crippen molar-refractivity contribution in [3.05, 3.63) is 35.9 Å². The highest BCUT2D eigenvalue weighted by molar-refractivity contribution is 7.90. The van der Waals surface area contributed by atoms with E-state index >= 15 is 0 Å². The molecule has 94 valence electrons. The molecule has 2 unspecified atom stereocenters. The van der Waals surface area contributed by atoms with Crippen LogP contribution in [-0.2, 0) is 16.4 Å². The fourth-order valence-corrected chi connectivity index (χ4v) is 3.40. The van der Waals surface area contributed by atoms with Crippen molar-refractivity contribution in [2.75, 3.05) is 6.54 Å². The summed E-state index contributed by atoms with van der Waals surface area (Å²) in [5, 5.41) is 0. The second kappa shape index (κ2) is 4.10. The Balaban J connectivity index is 2.03. The standard InChI is InChI=1S/C13H19NO2S/c1-13(2,3)17(15,16)14-10-12(14)9-11-7-5-4-6-8-11/h4-8,12H,9-10H2,1-3H3. The fourth-order valence-electron chi connectivity index (χ4n) is 1.86. The maximum Gasteiger partial charge on any atom is 0.219 e. The van der Waals surface area contributed by atoms with E-state index in [-0.39, 0.29) is 6.04 Å². The SMILES string of the molecule is CC(C)(C)S(=O)(=O)N1CC1Cc1ccccc1. The van der Waals surface area contributed by atoms with Gasteiger partial charge < -0.3 is 0 Å². The quantitative estimate of drug-likeness (QED) is 0.773. The third-order valence-electron chi connectivity index (χ3n) is 3.06. The first kappa shape index (κ1) is 12.6. The molecule has 0 radical (unpaired) electrons. The van der Waals surface area contributed by atoms with Crippen molar-refractivity contribution in [1.29, 1.82) is 0 Å². The highest BCUT2D eigenvalue weighted by atomic mass is 32.2. The van der Waals surface area contributed by atoms with Gasteiger partial charge in [-0.2, -0.15) is 4.31 Å². The van der Waals surface area contributed by atoms with E-state index in [2.05, 4.69) is 0 Å². The summed E-state index contributed by atoms with van der Waals surface area (Å²) in [6.45, 7) is 5.91. The lowest BCUT2D eigenvalue weighted by Crippen LogP contribution is -2.34. The van der Waals surface area contributed by atoms with Crippen LogP contribution in [0.2, 0.25) is 0 Å². The van der Waals surface area contributed by atoms with E-state index in [4.69, 9.17) is 0 Å². The first-order valence-corrected chi connectivity index (χ1v) is 7.32. The van der Waals surface area contributed by atoms with E-state index in [0.29, 0.717) is 6.54 Å².